The Morgan fingerprint density at radius 3 is 2.46 bits per heavy atom. The summed E-state index contributed by atoms with van der Waals surface area (Å²) < 4.78 is 0. The van der Waals surface area contributed by atoms with Crippen molar-refractivity contribution in [3.63, 3.8) is 0 Å². The van der Waals surface area contributed by atoms with Crippen LogP contribution in [0, 0.1) is 0 Å². The molecule has 0 fully saturated rings. The maximum atomic E-state index is 5.88. The molecule has 5 heteroatoms. The van der Waals surface area contributed by atoms with Gasteiger partial charge in [0, 0.05) is 11.3 Å². The van der Waals surface area contributed by atoms with Crippen molar-refractivity contribution in [1.82, 2.24) is 9.97 Å². The second kappa shape index (κ2) is 3.99. The molecule has 0 atom stereocenters. The highest BCUT2D eigenvalue weighted by Crippen LogP contribution is 2.28. The highest BCUT2D eigenvalue weighted by molar-refractivity contribution is 6.32. The van der Waals surface area contributed by atoms with Crippen LogP contribution in [-0.4, -0.2) is 15.8 Å². The van der Waals surface area contributed by atoms with Crippen molar-refractivity contribution in [2.45, 2.75) is 19.3 Å². The number of hydrogen-bond donors (Lipinski definition) is 0. The van der Waals surface area contributed by atoms with E-state index in [0.717, 1.165) is 0 Å². The van der Waals surface area contributed by atoms with E-state index in [1.54, 1.807) is 0 Å². The summed E-state index contributed by atoms with van der Waals surface area (Å²) in [5, 5.41) is 0.609. The molecule has 0 radical (unpaired) electrons. The molecule has 1 heterocycles. The summed E-state index contributed by atoms with van der Waals surface area (Å²) >= 11 is 17.3. The Morgan fingerprint density at radius 2 is 2.00 bits per heavy atom. The molecule has 0 saturated carbocycles. The molecular weight excluding hydrogens is 230 g/mol. The molecular formula is C8H9Cl3N2. The molecule has 0 saturated heterocycles. The zero-order chi connectivity index (χ0) is 10.1. The van der Waals surface area contributed by atoms with Gasteiger partial charge in [-0.05, 0) is 0 Å². The Hall–Kier alpha value is -0.0500. The number of rotatable bonds is 2. The average molecular weight is 240 g/mol. The second-order valence-electron chi connectivity index (χ2n) is 3.35. The molecule has 0 aliphatic rings. The van der Waals surface area contributed by atoms with Gasteiger partial charge in [0.15, 0.2) is 5.15 Å². The van der Waals surface area contributed by atoms with Crippen LogP contribution in [0.5, 0.6) is 0 Å². The van der Waals surface area contributed by atoms with Crippen molar-refractivity contribution in [3.8, 4) is 0 Å². The molecule has 0 aliphatic carbocycles. The van der Waals surface area contributed by atoms with Crippen LogP contribution >= 0.6 is 34.8 Å². The third kappa shape index (κ3) is 2.46. The fourth-order valence-electron chi connectivity index (χ4n) is 0.864. The van der Waals surface area contributed by atoms with Crippen LogP contribution in [0.25, 0.3) is 0 Å². The third-order valence-electron chi connectivity index (χ3n) is 1.68. The van der Waals surface area contributed by atoms with Gasteiger partial charge in [-0.25, -0.2) is 4.98 Å². The molecule has 0 unspecified atom stereocenters. The summed E-state index contributed by atoms with van der Waals surface area (Å²) in [5.41, 5.74) is 0.393. The van der Waals surface area contributed by atoms with Crippen molar-refractivity contribution >= 4 is 34.8 Å². The quantitative estimate of drug-likeness (QED) is 0.740. The van der Waals surface area contributed by atoms with Gasteiger partial charge in [0.25, 0.3) is 0 Å². The first-order valence-corrected chi connectivity index (χ1v) is 5.01. The van der Waals surface area contributed by atoms with Crippen LogP contribution in [-0.2, 0) is 5.41 Å². The van der Waals surface area contributed by atoms with E-state index >= 15 is 0 Å². The smallest absolute Gasteiger partial charge is 0.152 e. The minimum Gasteiger partial charge on any atom is -0.254 e. The predicted octanol–water partition coefficient (Wildman–Crippen LogP) is 3.30. The van der Waals surface area contributed by atoms with Gasteiger partial charge in [0.1, 0.15) is 5.15 Å². The summed E-state index contributed by atoms with van der Waals surface area (Å²) in [6.07, 6.45) is 1.47. The minimum atomic E-state index is -0.282. The number of aromatic nitrogens is 2. The topological polar surface area (TPSA) is 25.8 Å². The van der Waals surface area contributed by atoms with Crippen LogP contribution in [0.4, 0.5) is 0 Å². The lowest BCUT2D eigenvalue weighted by molar-refractivity contribution is 0.573. The van der Waals surface area contributed by atoms with Gasteiger partial charge in [0.2, 0.25) is 0 Å². The van der Waals surface area contributed by atoms with E-state index in [2.05, 4.69) is 9.97 Å². The predicted molar refractivity (Wildman–Crippen MR) is 55.8 cm³/mol. The highest BCUT2D eigenvalue weighted by atomic mass is 35.5. The zero-order valence-corrected chi connectivity index (χ0v) is 9.58. The fourth-order valence-corrected chi connectivity index (χ4v) is 1.56. The Kier molecular flexibility index (Phi) is 3.38. The molecule has 72 valence electrons. The number of halogens is 3. The number of alkyl halides is 1. The van der Waals surface area contributed by atoms with Gasteiger partial charge in [0.05, 0.1) is 11.9 Å². The normalized spacial score (nSPS) is 11.8. The molecule has 2 nitrogen and oxygen atoms in total. The van der Waals surface area contributed by atoms with Crippen molar-refractivity contribution in [1.29, 1.82) is 0 Å². The molecule has 0 aliphatic heterocycles. The van der Waals surface area contributed by atoms with Crippen molar-refractivity contribution in [2.75, 3.05) is 5.88 Å². The van der Waals surface area contributed by atoms with Gasteiger partial charge >= 0.3 is 0 Å². The molecule has 1 aromatic rings. The number of nitrogens with zero attached hydrogens (tertiary/aromatic N) is 2. The van der Waals surface area contributed by atoms with Crippen LogP contribution in [0.15, 0.2) is 6.20 Å². The Morgan fingerprint density at radius 1 is 1.38 bits per heavy atom. The monoisotopic (exact) mass is 238 g/mol. The van der Waals surface area contributed by atoms with Crippen LogP contribution in [0.2, 0.25) is 10.3 Å². The summed E-state index contributed by atoms with van der Waals surface area (Å²) in [7, 11) is 0. The largest absolute Gasteiger partial charge is 0.254 e. The first kappa shape index (κ1) is 11.0. The Bertz CT molecular complexity index is 312. The van der Waals surface area contributed by atoms with Gasteiger partial charge in [-0.2, -0.15) is 0 Å². The van der Waals surface area contributed by atoms with Crippen molar-refractivity contribution in [3.05, 3.63) is 22.2 Å². The second-order valence-corrected chi connectivity index (χ2v) is 4.36. The van der Waals surface area contributed by atoms with E-state index in [9.17, 15) is 0 Å². The van der Waals surface area contributed by atoms with Gasteiger partial charge < -0.3 is 0 Å². The summed E-state index contributed by atoms with van der Waals surface area (Å²) in [4.78, 5) is 8.01. The summed E-state index contributed by atoms with van der Waals surface area (Å²) in [6.45, 7) is 3.90. The number of hydrogen-bond acceptors (Lipinski definition) is 2. The SMILES string of the molecule is CC(C)(CCl)c1ncc(Cl)nc1Cl. The van der Waals surface area contributed by atoms with Crippen LogP contribution in [0.3, 0.4) is 0 Å². The first-order chi connectivity index (χ1) is 5.97. The molecule has 0 amide bonds. The summed E-state index contributed by atoms with van der Waals surface area (Å²) in [6, 6.07) is 0. The maximum Gasteiger partial charge on any atom is 0.152 e. The van der Waals surface area contributed by atoms with Gasteiger partial charge in [-0.1, -0.05) is 37.0 Å². The summed E-state index contributed by atoms with van der Waals surface area (Å²) in [5.74, 6) is 0.434. The van der Waals surface area contributed by atoms with Crippen LogP contribution < -0.4 is 0 Å². The molecule has 0 spiro atoms. The van der Waals surface area contributed by atoms with Crippen molar-refractivity contribution in [2.24, 2.45) is 0 Å². The van der Waals surface area contributed by atoms with Gasteiger partial charge in [-0.15, -0.1) is 11.6 Å². The van der Waals surface area contributed by atoms with E-state index in [-0.39, 0.29) is 5.41 Å². The minimum absolute atomic E-state index is 0.282. The molecule has 0 aromatic carbocycles. The Balaban J connectivity index is 3.16. The molecule has 0 N–H and O–H groups in total. The molecule has 1 aromatic heterocycles. The van der Waals surface area contributed by atoms with Crippen LogP contribution in [0.1, 0.15) is 19.5 Å². The van der Waals surface area contributed by atoms with E-state index < -0.39 is 0 Å². The first-order valence-electron chi connectivity index (χ1n) is 3.72. The van der Waals surface area contributed by atoms with Gasteiger partial charge in [-0.3, -0.25) is 4.98 Å². The average Bonchev–Trinajstić information content (AvgIpc) is 2.03. The fraction of sp³-hybridized carbons (Fsp3) is 0.500. The van der Waals surface area contributed by atoms with E-state index in [0.29, 0.717) is 21.9 Å². The van der Waals surface area contributed by atoms with E-state index in [1.807, 2.05) is 13.8 Å². The standard InChI is InChI=1S/C8H9Cl3N2/c1-8(2,4-9)6-7(11)13-5(10)3-12-6/h3H,4H2,1-2H3. The molecule has 1 rings (SSSR count). The molecule has 0 bridgehead atoms. The van der Waals surface area contributed by atoms with E-state index in [4.69, 9.17) is 34.8 Å². The Labute approximate surface area is 92.2 Å². The highest BCUT2D eigenvalue weighted by Gasteiger charge is 2.24. The lowest BCUT2D eigenvalue weighted by Crippen LogP contribution is -2.21. The lowest BCUT2D eigenvalue weighted by atomic mass is 9.92. The van der Waals surface area contributed by atoms with E-state index in [1.165, 1.54) is 6.20 Å². The zero-order valence-electron chi connectivity index (χ0n) is 7.31. The lowest BCUT2D eigenvalue weighted by Gasteiger charge is -2.20. The third-order valence-corrected chi connectivity index (χ3v) is 2.79. The molecule has 13 heavy (non-hydrogen) atoms. The maximum absolute atomic E-state index is 5.88. The van der Waals surface area contributed by atoms with Crippen molar-refractivity contribution < 1.29 is 0 Å².